The average molecular weight is 619 g/mol. The minimum Gasteiger partial charge on any atom is -0.485 e. The van der Waals surface area contributed by atoms with Gasteiger partial charge < -0.3 is 4.74 Å². The Hall–Kier alpha value is -4.84. The molecule has 0 aliphatic carbocycles. The van der Waals surface area contributed by atoms with Crippen molar-refractivity contribution in [2.45, 2.75) is 12.5 Å². The predicted molar refractivity (Wildman–Crippen MR) is 176 cm³/mol. The summed E-state index contributed by atoms with van der Waals surface area (Å²) in [4.78, 5) is 14.1. The van der Waals surface area contributed by atoms with Crippen LogP contribution < -0.4 is 4.74 Å². The first-order chi connectivity index (χ1) is 21.5. The molecule has 1 heterocycles. The highest BCUT2D eigenvalue weighted by atomic mass is 35.5. The van der Waals surface area contributed by atoms with Gasteiger partial charge >= 0.3 is 0 Å². The molecular formula is C37H26Cl2FN3O. The number of nitrogens with zero attached hydrogens (tertiary/aromatic N) is 3. The monoisotopic (exact) mass is 617 g/mol. The molecule has 0 bridgehead atoms. The number of halogens is 3. The maximum Gasteiger partial charge on any atom is 0.159 e. The van der Waals surface area contributed by atoms with E-state index in [0.29, 0.717) is 34.3 Å². The third kappa shape index (κ3) is 6.86. The number of ether oxygens (including phenoxy) is 1. The number of rotatable bonds is 9. The summed E-state index contributed by atoms with van der Waals surface area (Å²) in [6, 6.07) is 40.0. The molecule has 216 valence electrons. The zero-order chi connectivity index (χ0) is 30.3. The highest BCUT2D eigenvalue weighted by Gasteiger charge is 2.23. The molecule has 0 radical (unpaired) electrons. The van der Waals surface area contributed by atoms with Gasteiger partial charge in [-0.1, -0.05) is 126 Å². The average Bonchev–Trinajstić information content (AvgIpc) is 3.07. The maximum atomic E-state index is 14.5. The van der Waals surface area contributed by atoms with Crippen LogP contribution in [0.1, 0.15) is 28.4 Å². The SMILES string of the molecule is Fc1ccc(Cl)c(C(Cc2ccccc2)Oc2cccc(-c3ncc(N=C(c4ccccc4)c4ccccc4)cn3)c2)c1Cl. The summed E-state index contributed by atoms with van der Waals surface area (Å²) in [5.74, 6) is 0.498. The van der Waals surface area contributed by atoms with Gasteiger partial charge in [0.05, 0.1) is 23.1 Å². The van der Waals surface area contributed by atoms with Crippen LogP contribution >= 0.6 is 23.2 Å². The van der Waals surface area contributed by atoms with Gasteiger partial charge in [-0.15, -0.1) is 0 Å². The van der Waals surface area contributed by atoms with E-state index in [1.165, 1.54) is 12.1 Å². The van der Waals surface area contributed by atoms with Crippen LogP contribution in [0, 0.1) is 5.82 Å². The topological polar surface area (TPSA) is 47.4 Å². The lowest BCUT2D eigenvalue weighted by Gasteiger charge is -2.22. The van der Waals surface area contributed by atoms with E-state index >= 15 is 0 Å². The van der Waals surface area contributed by atoms with Crippen molar-refractivity contribution in [2.75, 3.05) is 0 Å². The Bertz CT molecular complexity index is 1840. The van der Waals surface area contributed by atoms with E-state index in [0.717, 1.165) is 28.0 Å². The standard InChI is InChI=1S/C37H26Cl2FN3O/c38-31-19-20-32(40)35(39)34(31)33(21-25-11-4-1-5-12-25)44-30-18-10-17-28(22-30)37-41-23-29(24-42-37)43-36(26-13-6-2-7-14-26)27-15-8-3-9-16-27/h1-20,22-24,33H,21H2. The molecule has 4 nitrogen and oxygen atoms in total. The van der Waals surface area contributed by atoms with Gasteiger partial charge in [0.15, 0.2) is 5.82 Å². The Morgan fingerprint density at radius 1 is 0.727 bits per heavy atom. The quantitative estimate of drug-likeness (QED) is 0.120. The number of benzene rings is 5. The summed E-state index contributed by atoms with van der Waals surface area (Å²) in [5.41, 5.74) is 5.59. The second-order valence-electron chi connectivity index (χ2n) is 10.0. The molecule has 44 heavy (non-hydrogen) atoms. The smallest absolute Gasteiger partial charge is 0.159 e. The first-order valence-corrected chi connectivity index (χ1v) is 14.8. The molecule has 0 aliphatic rings. The Morgan fingerprint density at radius 2 is 1.34 bits per heavy atom. The van der Waals surface area contributed by atoms with Crippen LogP contribution in [0.3, 0.4) is 0 Å². The first kappa shape index (κ1) is 29.2. The summed E-state index contributed by atoms with van der Waals surface area (Å²) in [7, 11) is 0. The molecule has 1 atom stereocenters. The third-order valence-electron chi connectivity index (χ3n) is 7.01. The lowest BCUT2D eigenvalue weighted by Crippen LogP contribution is -2.13. The van der Waals surface area contributed by atoms with Crippen molar-refractivity contribution in [3.63, 3.8) is 0 Å². The van der Waals surface area contributed by atoms with Crippen LogP contribution in [0.4, 0.5) is 10.1 Å². The molecule has 0 aliphatic heterocycles. The highest BCUT2D eigenvalue weighted by Crippen LogP contribution is 2.37. The van der Waals surface area contributed by atoms with Crippen molar-refractivity contribution in [3.05, 3.63) is 178 Å². The van der Waals surface area contributed by atoms with E-state index in [4.69, 9.17) is 32.9 Å². The number of hydrogen-bond donors (Lipinski definition) is 0. The van der Waals surface area contributed by atoms with Crippen LogP contribution in [0.15, 0.2) is 145 Å². The van der Waals surface area contributed by atoms with Gasteiger partial charge in [-0.2, -0.15) is 0 Å². The summed E-state index contributed by atoms with van der Waals surface area (Å²) in [5, 5.41) is 0.276. The molecule has 0 spiro atoms. The minimum absolute atomic E-state index is 0.0561. The van der Waals surface area contributed by atoms with E-state index in [9.17, 15) is 4.39 Å². The third-order valence-corrected chi connectivity index (χ3v) is 7.72. The van der Waals surface area contributed by atoms with Crippen LogP contribution in [0.2, 0.25) is 10.0 Å². The van der Waals surface area contributed by atoms with Gasteiger partial charge in [-0.05, 0) is 29.8 Å². The normalized spacial score (nSPS) is 11.5. The molecule has 1 aromatic heterocycles. The Labute approximate surface area is 265 Å². The number of aliphatic imine (C=N–C) groups is 1. The van der Waals surface area contributed by atoms with Gasteiger partial charge in [0.1, 0.15) is 23.4 Å². The molecule has 6 rings (SSSR count). The molecule has 0 saturated carbocycles. The largest absolute Gasteiger partial charge is 0.485 e. The second kappa shape index (κ2) is 13.6. The van der Waals surface area contributed by atoms with Gasteiger partial charge in [0.2, 0.25) is 0 Å². The maximum absolute atomic E-state index is 14.5. The summed E-state index contributed by atoms with van der Waals surface area (Å²) < 4.78 is 21.0. The van der Waals surface area contributed by atoms with Crippen molar-refractivity contribution in [3.8, 4) is 17.1 Å². The van der Waals surface area contributed by atoms with Gasteiger partial charge in [0, 0.05) is 33.7 Å². The molecule has 0 saturated heterocycles. The van der Waals surface area contributed by atoms with E-state index < -0.39 is 11.9 Å². The van der Waals surface area contributed by atoms with Crippen molar-refractivity contribution in [1.82, 2.24) is 9.97 Å². The predicted octanol–water partition coefficient (Wildman–Crippen LogP) is 10.1. The van der Waals surface area contributed by atoms with Crippen LogP contribution in [0.25, 0.3) is 11.4 Å². The molecule has 0 N–H and O–H groups in total. The molecular weight excluding hydrogens is 592 g/mol. The summed E-state index contributed by atoms with van der Waals surface area (Å²) in [6.45, 7) is 0. The van der Waals surface area contributed by atoms with Crippen molar-refractivity contribution >= 4 is 34.6 Å². The van der Waals surface area contributed by atoms with Crippen LogP contribution in [0.5, 0.6) is 5.75 Å². The number of aromatic nitrogens is 2. The Kier molecular flexibility index (Phi) is 9.06. The van der Waals surface area contributed by atoms with E-state index in [1.54, 1.807) is 12.4 Å². The molecule has 1 unspecified atom stereocenters. The number of hydrogen-bond acceptors (Lipinski definition) is 4. The fraction of sp³-hybridized carbons (Fsp3) is 0.0541. The Balaban J connectivity index is 1.29. The lowest BCUT2D eigenvalue weighted by atomic mass is 10.0. The van der Waals surface area contributed by atoms with Crippen molar-refractivity contribution in [1.29, 1.82) is 0 Å². The van der Waals surface area contributed by atoms with Gasteiger partial charge in [-0.3, -0.25) is 0 Å². The van der Waals surface area contributed by atoms with Crippen LogP contribution in [-0.4, -0.2) is 15.7 Å². The first-order valence-electron chi connectivity index (χ1n) is 14.0. The zero-order valence-electron chi connectivity index (χ0n) is 23.4. The zero-order valence-corrected chi connectivity index (χ0v) is 25.0. The van der Waals surface area contributed by atoms with E-state index in [-0.39, 0.29) is 5.02 Å². The molecule has 6 aromatic rings. The van der Waals surface area contributed by atoms with Crippen molar-refractivity contribution in [2.24, 2.45) is 4.99 Å². The van der Waals surface area contributed by atoms with Gasteiger partial charge in [0.25, 0.3) is 0 Å². The summed E-state index contributed by atoms with van der Waals surface area (Å²) in [6.07, 6.45) is 3.19. The van der Waals surface area contributed by atoms with Crippen molar-refractivity contribution < 1.29 is 9.13 Å². The molecule has 7 heteroatoms. The summed E-state index contributed by atoms with van der Waals surface area (Å²) >= 11 is 12.9. The molecule has 0 fully saturated rings. The second-order valence-corrected chi connectivity index (χ2v) is 10.8. The molecule has 0 amide bonds. The molecule has 5 aromatic carbocycles. The fourth-order valence-electron chi connectivity index (χ4n) is 4.89. The lowest BCUT2D eigenvalue weighted by molar-refractivity contribution is 0.206. The van der Waals surface area contributed by atoms with E-state index in [1.807, 2.05) is 115 Å². The fourth-order valence-corrected chi connectivity index (χ4v) is 5.50. The Morgan fingerprint density at radius 3 is 1.98 bits per heavy atom. The highest BCUT2D eigenvalue weighted by molar-refractivity contribution is 6.36. The van der Waals surface area contributed by atoms with E-state index in [2.05, 4.69) is 9.97 Å². The minimum atomic E-state index is -0.643. The van der Waals surface area contributed by atoms with Crippen LogP contribution in [-0.2, 0) is 6.42 Å². The van der Waals surface area contributed by atoms with Gasteiger partial charge in [-0.25, -0.2) is 19.4 Å².